The first-order valence-corrected chi connectivity index (χ1v) is 15.1. The summed E-state index contributed by atoms with van der Waals surface area (Å²) < 4.78 is 31.7. The third-order valence-corrected chi connectivity index (χ3v) is 11.9. The van der Waals surface area contributed by atoms with Crippen molar-refractivity contribution < 1.29 is 18.1 Å². The highest BCUT2D eigenvalue weighted by Crippen LogP contribution is 2.71. The Morgan fingerprint density at radius 3 is 2.38 bits per heavy atom. The summed E-state index contributed by atoms with van der Waals surface area (Å²) in [5.74, 6) is 0. The Balaban J connectivity index is 1.71. The van der Waals surface area contributed by atoms with Crippen LogP contribution >= 0.6 is 32.7 Å². The van der Waals surface area contributed by atoms with E-state index in [2.05, 4.69) is 35.6 Å². The molecule has 0 bridgehead atoms. The Kier molecular flexibility index (Phi) is 6.00. The molecule has 6 nitrogen and oxygen atoms in total. The molecule has 2 N–H and O–H groups in total. The third-order valence-electron chi connectivity index (χ3n) is 5.39. The first-order valence-electron chi connectivity index (χ1n) is 9.59. The summed E-state index contributed by atoms with van der Waals surface area (Å²) >= 11 is 3.38. The zero-order valence-corrected chi connectivity index (χ0v) is 21.0. The van der Waals surface area contributed by atoms with Gasteiger partial charge >= 0.3 is 0 Å². The lowest BCUT2D eigenvalue weighted by molar-refractivity contribution is 0.304. The van der Waals surface area contributed by atoms with Crippen LogP contribution in [0.1, 0.15) is 10.4 Å². The molecule has 0 atom stereocenters. The van der Waals surface area contributed by atoms with Gasteiger partial charge in [0.15, 0.2) is 0 Å². The second-order valence-electron chi connectivity index (χ2n) is 7.76. The topological polar surface area (TPSA) is 102 Å². The van der Waals surface area contributed by atoms with Gasteiger partial charge in [-0.25, -0.2) is 0 Å². The van der Waals surface area contributed by atoms with E-state index < -0.39 is 20.1 Å². The fourth-order valence-electron chi connectivity index (χ4n) is 3.60. The molecule has 168 valence electrons. The van der Waals surface area contributed by atoms with Crippen LogP contribution < -0.4 is 4.90 Å². The van der Waals surface area contributed by atoms with E-state index in [-0.39, 0.29) is 11.5 Å². The lowest BCUT2D eigenvalue weighted by Crippen LogP contribution is -2.19. The average Bonchev–Trinajstić information content (AvgIpc) is 3.40. The van der Waals surface area contributed by atoms with Gasteiger partial charge in [0, 0.05) is 28.3 Å². The highest BCUT2D eigenvalue weighted by atomic mass is 32.3. The van der Waals surface area contributed by atoms with E-state index in [0.29, 0.717) is 17.7 Å². The maximum Gasteiger partial charge on any atom is 0.294 e. The van der Waals surface area contributed by atoms with Gasteiger partial charge in [0.25, 0.3) is 10.1 Å². The van der Waals surface area contributed by atoms with Gasteiger partial charge < -0.3 is 10.0 Å². The van der Waals surface area contributed by atoms with Crippen LogP contribution in [0.15, 0.2) is 51.1 Å². The zero-order chi connectivity index (χ0) is 23.3. The molecule has 2 aromatic heterocycles. The molecular formula is C22H22N2O4S4. The average molecular weight is 507 g/mol. The van der Waals surface area contributed by atoms with E-state index in [1.807, 2.05) is 13.1 Å². The molecule has 1 aliphatic rings. The Morgan fingerprint density at radius 2 is 1.78 bits per heavy atom. The van der Waals surface area contributed by atoms with E-state index >= 15 is 0 Å². The van der Waals surface area contributed by atoms with Crippen molar-refractivity contribution in [1.29, 1.82) is 5.26 Å². The smallest absolute Gasteiger partial charge is 0.294 e. The van der Waals surface area contributed by atoms with Crippen molar-refractivity contribution in [2.45, 2.75) is 14.7 Å². The SMILES string of the molecule is CN(CCO)c1cc2c(s1)-c1sc(/C=C(\C#N)c3ccc(S(=O)(=O)O)cc3)cc1S2(C)C. The van der Waals surface area contributed by atoms with Crippen LogP contribution in [0.3, 0.4) is 0 Å². The highest BCUT2D eigenvalue weighted by Gasteiger charge is 2.36. The number of aliphatic hydroxyl groups excluding tert-OH is 1. The number of hydrogen-bond donors (Lipinski definition) is 2. The number of aliphatic hydroxyl groups is 1. The van der Waals surface area contributed by atoms with Crippen LogP contribution in [0.4, 0.5) is 5.00 Å². The van der Waals surface area contributed by atoms with Crippen LogP contribution in [-0.2, 0) is 10.1 Å². The van der Waals surface area contributed by atoms with Gasteiger partial charge in [-0.1, -0.05) is 12.1 Å². The van der Waals surface area contributed by atoms with Crippen molar-refractivity contribution in [1.82, 2.24) is 0 Å². The number of likely N-dealkylation sites (N-methyl/N-ethyl adjacent to an activating group) is 1. The first kappa shape index (κ1) is 23.0. The fourth-order valence-corrected chi connectivity index (χ4v) is 10.2. The molecule has 10 heteroatoms. The second kappa shape index (κ2) is 8.33. The molecule has 0 unspecified atom stereocenters. The molecule has 0 saturated carbocycles. The molecule has 0 amide bonds. The number of nitriles is 1. The Hall–Kier alpha value is -2.13. The molecule has 3 heterocycles. The van der Waals surface area contributed by atoms with E-state index in [4.69, 9.17) is 4.55 Å². The van der Waals surface area contributed by atoms with Gasteiger partial charge in [0.1, 0.15) is 0 Å². The van der Waals surface area contributed by atoms with Crippen molar-refractivity contribution >= 4 is 59.5 Å². The van der Waals surface area contributed by atoms with Crippen LogP contribution in [0.2, 0.25) is 0 Å². The van der Waals surface area contributed by atoms with Crippen LogP contribution in [0.25, 0.3) is 21.4 Å². The van der Waals surface area contributed by atoms with Crippen LogP contribution in [-0.4, -0.2) is 50.8 Å². The summed E-state index contributed by atoms with van der Waals surface area (Å²) in [5.41, 5.74) is 1.01. The minimum atomic E-state index is -4.27. The number of allylic oxidation sites excluding steroid dienone is 1. The van der Waals surface area contributed by atoms with E-state index in [1.165, 1.54) is 43.8 Å². The maximum absolute atomic E-state index is 11.3. The van der Waals surface area contributed by atoms with E-state index in [9.17, 15) is 18.8 Å². The number of rotatable bonds is 6. The Labute approximate surface area is 197 Å². The number of thiophene rings is 2. The first-order chi connectivity index (χ1) is 15.1. The van der Waals surface area contributed by atoms with Gasteiger partial charge in [-0.3, -0.25) is 4.55 Å². The van der Waals surface area contributed by atoms with Gasteiger partial charge in [0.05, 0.1) is 37.9 Å². The minimum absolute atomic E-state index is 0.108. The lowest BCUT2D eigenvalue weighted by atomic mass is 10.1. The zero-order valence-electron chi connectivity index (χ0n) is 17.7. The molecule has 0 radical (unpaired) electrons. The molecule has 4 rings (SSSR count). The van der Waals surface area contributed by atoms with Gasteiger partial charge in [0.2, 0.25) is 0 Å². The quantitative estimate of drug-likeness (QED) is 0.360. The number of anilines is 1. The number of benzene rings is 1. The Bertz CT molecular complexity index is 1360. The summed E-state index contributed by atoms with van der Waals surface area (Å²) in [5, 5.41) is 20.1. The predicted octanol–water partition coefficient (Wildman–Crippen LogP) is 5.01. The Morgan fingerprint density at radius 1 is 1.16 bits per heavy atom. The largest absolute Gasteiger partial charge is 0.395 e. The van der Waals surface area contributed by atoms with E-state index in [1.54, 1.807) is 22.7 Å². The summed E-state index contributed by atoms with van der Waals surface area (Å²) in [4.78, 5) is 8.00. The standard InChI is InChI=1S/C22H22N2O4S4/c1-24(8-9-25)20-12-19-22(30-20)21-18(31(19,2)3)11-16(29-21)10-15(13-23)14-4-6-17(7-5-14)32(26,27)28/h4-7,10-12,25H,8-9H2,1-3H3,(H,26,27,28)/b15-10+. The molecule has 3 aromatic rings. The van der Waals surface area contributed by atoms with Gasteiger partial charge in [-0.2, -0.15) is 23.7 Å². The lowest BCUT2D eigenvalue weighted by Gasteiger charge is -2.26. The molecule has 0 spiro atoms. The molecular weight excluding hydrogens is 485 g/mol. The minimum Gasteiger partial charge on any atom is -0.395 e. The third kappa shape index (κ3) is 4.01. The molecule has 1 aromatic carbocycles. The van der Waals surface area contributed by atoms with Crippen LogP contribution in [0.5, 0.6) is 0 Å². The maximum atomic E-state index is 11.3. The van der Waals surface area contributed by atoms with Crippen molar-refractivity contribution in [2.75, 3.05) is 37.6 Å². The van der Waals surface area contributed by atoms with Crippen LogP contribution in [0, 0.1) is 11.3 Å². The summed E-state index contributed by atoms with van der Waals surface area (Å²) in [6.45, 7) is 0.693. The van der Waals surface area contributed by atoms with E-state index in [0.717, 1.165) is 9.88 Å². The number of fused-ring (bicyclic) bond motifs is 3. The van der Waals surface area contributed by atoms with Gasteiger partial charge in [-0.05, 0) is 48.4 Å². The molecule has 0 aliphatic carbocycles. The normalized spacial score (nSPS) is 15.7. The van der Waals surface area contributed by atoms with Crippen molar-refractivity contribution in [2.24, 2.45) is 0 Å². The summed E-state index contributed by atoms with van der Waals surface area (Å²) in [6, 6.07) is 12.2. The fraction of sp³-hybridized carbons (Fsp3) is 0.227. The predicted molar refractivity (Wildman–Crippen MR) is 134 cm³/mol. The van der Waals surface area contributed by atoms with Crippen molar-refractivity contribution in [3.8, 4) is 15.8 Å². The summed E-state index contributed by atoms with van der Waals surface area (Å²) in [7, 11) is -3.47. The molecule has 0 saturated heterocycles. The molecule has 0 fully saturated rings. The monoisotopic (exact) mass is 506 g/mol. The van der Waals surface area contributed by atoms with Gasteiger partial charge in [-0.15, -0.1) is 22.7 Å². The number of hydrogen-bond acceptors (Lipinski definition) is 7. The molecule has 1 aliphatic heterocycles. The number of nitrogens with zero attached hydrogens (tertiary/aromatic N) is 2. The molecule has 32 heavy (non-hydrogen) atoms. The van der Waals surface area contributed by atoms with Crippen molar-refractivity contribution in [3.63, 3.8) is 0 Å². The second-order valence-corrected chi connectivity index (χ2v) is 14.8. The summed E-state index contributed by atoms with van der Waals surface area (Å²) in [6.07, 6.45) is 6.38. The highest BCUT2D eigenvalue weighted by molar-refractivity contribution is 8.33. The van der Waals surface area contributed by atoms with Crippen molar-refractivity contribution in [3.05, 3.63) is 46.8 Å².